The minimum absolute atomic E-state index is 0.669. The SMILES string of the molecule is CNCc1nc(-c2cccc(Cl)c2)n[nH]1. The van der Waals surface area contributed by atoms with Gasteiger partial charge in [0.15, 0.2) is 5.82 Å². The molecule has 0 bridgehead atoms. The van der Waals surface area contributed by atoms with E-state index in [9.17, 15) is 0 Å². The molecule has 0 saturated carbocycles. The van der Waals surface area contributed by atoms with Crippen LogP contribution in [0.2, 0.25) is 5.02 Å². The third kappa shape index (κ3) is 2.34. The highest BCUT2D eigenvalue weighted by Gasteiger charge is 2.05. The molecule has 2 rings (SSSR count). The second-order valence-corrected chi connectivity index (χ2v) is 3.58. The zero-order valence-corrected chi connectivity index (χ0v) is 9.04. The van der Waals surface area contributed by atoms with Gasteiger partial charge in [-0.25, -0.2) is 4.98 Å². The van der Waals surface area contributed by atoms with E-state index in [2.05, 4.69) is 20.5 Å². The minimum atomic E-state index is 0.669. The molecule has 0 aliphatic heterocycles. The van der Waals surface area contributed by atoms with Crippen LogP contribution in [0.4, 0.5) is 0 Å². The van der Waals surface area contributed by atoms with Gasteiger partial charge in [-0.05, 0) is 19.2 Å². The molecule has 4 nitrogen and oxygen atoms in total. The first-order valence-electron chi connectivity index (χ1n) is 4.61. The zero-order chi connectivity index (χ0) is 10.7. The van der Waals surface area contributed by atoms with E-state index in [-0.39, 0.29) is 0 Å². The van der Waals surface area contributed by atoms with Crippen LogP contribution in [-0.2, 0) is 6.54 Å². The van der Waals surface area contributed by atoms with Crippen LogP contribution in [0.25, 0.3) is 11.4 Å². The minimum Gasteiger partial charge on any atom is -0.313 e. The monoisotopic (exact) mass is 222 g/mol. The number of H-pyrrole nitrogens is 1. The molecule has 0 radical (unpaired) electrons. The average Bonchev–Trinajstić information content (AvgIpc) is 2.67. The van der Waals surface area contributed by atoms with Gasteiger partial charge in [-0.1, -0.05) is 23.7 Å². The summed E-state index contributed by atoms with van der Waals surface area (Å²) in [4.78, 5) is 4.32. The topological polar surface area (TPSA) is 53.6 Å². The third-order valence-corrected chi connectivity index (χ3v) is 2.19. The van der Waals surface area contributed by atoms with Gasteiger partial charge >= 0.3 is 0 Å². The number of halogens is 1. The van der Waals surface area contributed by atoms with Gasteiger partial charge in [-0.2, -0.15) is 5.10 Å². The number of rotatable bonds is 3. The van der Waals surface area contributed by atoms with Crippen molar-refractivity contribution in [3.8, 4) is 11.4 Å². The lowest BCUT2D eigenvalue weighted by atomic mass is 10.2. The Bertz CT molecular complexity index is 452. The molecule has 0 aliphatic rings. The number of hydrogen-bond acceptors (Lipinski definition) is 3. The second kappa shape index (κ2) is 4.42. The maximum absolute atomic E-state index is 5.88. The first kappa shape index (κ1) is 10.1. The molecule has 1 aromatic carbocycles. The summed E-state index contributed by atoms with van der Waals surface area (Å²) < 4.78 is 0. The van der Waals surface area contributed by atoms with Crippen molar-refractivity contribution in [3.63, 3.8) is 0 Å². The molecule has 0 saturated heterocycles. The number of aromatic amines is 1. The molecule has 1 aromatic heterocycles. The van der Waals surface area contributed by atoms with Crippen LogP contribution in [-0.4, -0.2) is 22.2 Å². The largest absolute Gasteiger partial charge is 0.313 e. The highest BCUT2D eigenvalue weighted by molar-refractivity contribution is 6.30. The highest BCUT2D eigenvalue weighted by Crippen LogP contribution is 2.18. The maximum Gasteiger partial charge on any atom is 0.181 e. The second-order valence-electron chi connectivity index (χ2n) is 3.15. The van der Waals surface area contributed by atoms with Crippen molar-refractivity contribution in [1.29, 1.82) is 0 Å². The zero-order valence-electron chi connectivity index (χ0n) is 8.29. The van der Waals surface area contributed by atoms with Gasteiger partial charge in [0.05, 0.1) is 6.54 Å². The Morgan fingerprint density at radius 3 is 3.07 bits per heavy atom. The van der Waals surface area contributed by atoms with Gasteiger partial charge in [0.1, 0.15) is 5.82 Å². The number of benzene rings is 1. The summed E-state index contributed by atoms with van der Waals surface area (Å²) in [7, 11) is 1.86. The molecule has 0 spiro atoms. The summed E-state index contributed by atoms with van der Waals surface area (Å²) in [6.07, 6.45) is 0. The van der Waals surface area contributed by atoms with Crippen molar-refractivity contribution in [2.24, 2.45) is 0 Å². The van der Waals surface area contributed by atoms with Crippen molar-refractivity contribution in [3.05, 3.63) is 35.1 Å². The van der Waals surface area contributed by atoms with Gasteiger partial charge in [0.2, 0.25) is 0 Å². The predicted molar refractivity (Wildman–Crippen MR) is 59.6 cm³/mol. The van der Waals surface area contributed by atoms with Crippen LogP contribution in [0.1, 0.15) is 5.82 Å². The van der Waals surface area contributed by atoms with E-state index in [0.29, 0.717) is 17.4 Å². The summed E-state index contributed by atoms with van der Waals surface area (Å²) in [5, 5.41) is 10.7. The summed E-state index contributed by atoms with van der Waals surface area (Å²) >= 11 is 5.88. The average molecular weight is 223 g/mol. The summed E-state index contributed by atoms with van der Waals surface area (Å²) in [6.45, 7) is 0.674. The van der Waals surface area contributed by atoms with Crippen LogP contribution < -0.4 is 5.32 Å². The smallest absolute Gasteiger partial charge is 0.181 e. The van der Waals surface area contributed by atoms with Gasteiger partial charge in [-0.3, -0.25) is 5.10 Å². The van der Waals surface area contributed by atoms with Gasteiger partial charge < -0.3 is 5.32 Å². The van der Waals surface area contributed by atoms with Crippen molar-refractivity contribution in [2.75, 3.05) is 7.05 Å². The molecule has 0 aliphatic carbocycles. The molecular formula is C10H11ClN4. The fourth-order valence-electron chi connectivity index (χ4n) is 1.30. The molecule has 2 N–H and O–H groups in total. The maximum atomic E-state index is 5.88. The third-order valence-electron chi connectivity index (χ3n) is 1.96. The molecule has 0 atom stereocenters. The number of nitrogens with one attached hydrogen (secondary N) is 2. The Labute approximate surface area is 92.7 Å². The number of aromatic nitrogens is 3. The molecule has 0 fully saturated rings. The van der Waals surface area contributed by atoms with Gasteiger partial charge in [0.25, 0.3) is 0 Å². The predicted octanol–water partition coefficient (Wildman–Crippen LogP) is 1.84. The Morgan fingerprint density at radius 2 is 2.33 bits per heavy atom. The first-order valence-corrected chi connectivity index (χ1v) is 4.99. The molecule has 78 valence electrons. The van der Waals surface area contributed by atoms with E-state index < -0.39 is 0 Å². The molecule has 1 heterocycles. The van der Waals surface area contributed by atoms with E-state index >= 15 is 0 Å². The van der Waals surface area contributed by atoms with E-state index in [1.54, 1.807) is 0 Å². The lowest BCUT2D eigenvalue weighted by Gasteiger charge is -1.94. The Hall–Kier alpha value is -1.39. The first-order chi connectivity index (χ1) is 7.29. The summed E-state index contributed by atoms with van der Waals surface area (Å²) in [5.41, 5.74) is 0.918. The van der Waals surface area contributed by atoms with E-state index in [1.165, 1.54) is 0 Å². The van der Waals surface area contributed by atoms with Crippen LogP contribution >= 0.6 is 11.6 Å². The Balaban J connectivity index is 2.29. The van der Waals surface area contributed by atoms with E-state index in [4.69, 9.17) is 11.6 Å². The fraction of sp³-hybridized carbons (Fsp3) is 0.200. The van der Waals surface area contributed by atoms with Crippen molar-refractivity contribution < 1.29 is 0 Å². The standard InChI is InChI=1S/C10H11ClN4/c1-12-6-9-13-10(15-14-9)7-3-2-4-8(11)5-7/h2-5,12H,6H2,1H3,(H,13,14,15). The van der Waals surface area contributed by atoms with Crippen molar-refractivity contribution in [1.82, 2.24) is 20.5 Å². The van der Waals surface area contributed by atoms with E-state index in [0.717, 1.165) is 11.4 Å². The van der Waals surface area contributed by atoms with Gasteiger partial charge in [0, 0.05) is 10.6 Å². The number of hydrogen-bond donors (Lipinski definition) is 2. The Morgan fingerprint density at radius 1 is 1.47 bits per heavy atom. The van der Waals surface area contributed by atoms with Crippen molar-refractivity contribution in [2.45, 2.75) is 6.54 Å². The lowest BCUT2D eigenvalue weighted by molar-refractivity contribution is 0.763. The van der Waals surface area contributed by atoms with Crippen LogP contribution in [0.3, 0.4) is 0 Å². The molecule has 0 unspecified atom stereocenters. The summed E-state index contributed by atoms with van der Waals surface area (Å²) in [6, 6.07) is 7.48. The molecular weight excluding hydrogens is 212 g/mol. The van der Waals surface area contributed by atoms with Crippen LogP contribution in [0.15, 0.2) is 24.3 Å². The lowest BCUT2D eigenvalue weighted by Crippen LogP contribution is -2.06. The number of nitrogens with zero attached hydrogens (tertiary/aromatic N) is 2. The van der Waals surface area contributed by atoms with Crippen molar-refractivity contribution >= 4 is 11.6 Å². The fourth-order valence-corrected chi connectivity index (χ4v) is 1.49. The normalized spacial score (nSPS) is 10.5. The van der Waals surface area contributed by atoms with Crippen LogP contribution in [0, 0.1) is 0 Å². The molecule has 5 heteroatoms. The molecule has 2 aromatic rings. The van der Waals surface area contributed by atoms with E-state index in [1.807, 2.05) is 31.3 Å². The molecule has 15 heavy (non-hydrogen) atoms. The van der Waals surface area contributed by atoms with Crippen LogP contribution in [0.5, 0.6) is 0 Å². The highest BCUT2D eigenvalue weighted by atomic mass is 35.5. The molecule has 0 amide bonds. The Kier molecular flexibility index (Phi) is 2.99. The quantitative estimate of drug-likeness (QED) is 0.834. The van der Waals surface area contributed by atoms with Gasteiger partial charge in [-0.15, -0.1) is 0 Å². The summed E-state index contributed by atoms with van der Waals surface area (Å²) in [5.74, 6) is 1.48.